The molecule has 0 spiro atoms. The Morgan fingerprint density at radius 1 is 1.38 bits per heavy atom. The number of aliphatic carboxylic acids is 1. The van der Waals surface area contributed by atoms with Crippen LogP contribution in [0.5, 0.6) is 0 Å². The van der Waals surface area contributed by atoms with Crippen molar-refractivity contribution in [1.29, 1.82) is 0 Å². The quantitative estimate of drug-likeness (QED) is 0.717. The molecule has 1 aromatic heterocycles. The van der Waals surface area contributed by atoms with Crippen molar-refractivity contribution in [3.8, 4) is 0 Å². The summed E-state index contributed by atoms with van der Waals surface area (Å²) in [5, 5.41) is 26.1. The largest absolute Gasteiger partial charge is 0.480 e. The number of tetrazole rings is 1. The van der Waals surface area contributed by atoms with Crippen LogP contribution in [0.3, 0.4) is 0 Å². The van der Waals surface area contributed by atoms with E-state index in [0.717, 1.165) is 19.3 Å². The standard InChI is InChI=1S/C13H21N5O3/c19-13(20)10-5-8-3-1-2-4-9(8)11(14-10)6-21-7-12-15-17-18-16-12/h8-11,14H,1-7H2,(H,19,20)(H,15,16,17,18). The Labute approximate surface area is 122 Å². The third kappa shape index (κ3) is 3.38. The number of piperidine rings is 1. The SMILES string of the molecule is O=C(O)C1CC2CCCCC2C(COCc2nn[nH]n2)N1. The summed E-state index contributed by atoms with van der Waals surface area (Å²) in [7, 11) is 0. The Morgan fingerprint density at radius 3 is 3.00 bits per heavy atom. The molecule has 4 unspecified atom stereocenters. The number of nitrogens with one attached hydrogen (secondary N) is 2. The number of rotatable bonds is 5. The van der Waals surface area contributed by atoms with E-state index in [1.807, 2.05) is 0 Å². The first-order valence-corrected chi connectivity index (χ1v) is 7.53. The Hall–Kier alpha value is -1.54. The third-order valence-electron chi connectivity index (χ3n) is 4.65. The molecule has 1 saturated carbocycles. The lowest BCUT2D eigenvalue weighted by Crippen LogP contribution is -2.56. The molecule has 8 nitrogen and oxygen atoms in total. The van der Waals surface area contributed by atoms with Gasteiger partial charge in [0.1, 0.15) is 12.6 Å². The summed E-state index contributed by atoms with van der Waals surface area (Å²) in [5.74, 6) is 0.766. The highest BCUT2D eigenvalue weighted by Gasteiger charge is 2.40. The van der Waals surface area contributed by atoms with Crippen LogP contribution in [0.25, 0.3) is 0 Å². The fourth-order valence-electron chi connectivity index (χ4n) is 3.68. The molecule has 1 saturated heterocycles. The van der Waals surface area contributed by atoms with Crippen molar-refractivity contribution in [2.75, 3.05) is 6.61 Å². The number of ether oxygens (including phenoxy) is 1. The number of nitrogens with zero attached hydrogens (tertiary/aromatic N) is 3. The van der Waals surface area contributed by atoms with Crippen LogP contribution < -0.4 is 5.32 Å². The first-order valence-electron chi connectivity index (χ1n) is 7.53. The molecule has 2 fully saturated rings. The molecule has 0 aromatic carbocycles. The number of hydrogen-bond donors (Lipinski definition) is 3. The van der Waals surface area contributed by atoms with Crippen LogP contribution >= 0.6 is 0 Å². The predicted octanol–water partition coefficient (Wildman–Crippen LogP) is 0.338. The number of aromatic amines is 1. The minimum absolute atomic E-state index is 0.0945. The van der Waals surface area contributed by atoms with Crippen molar-refractivity contribution in [1.82, 2.24) is 25.9 Å². The number of fused-ring (bicyclic) bond motifs is 1. The lowest BCUT2D eigenvalue weighted by Gasteiger charge is -2.44. The van der Waals surface area contributed by atoms with Crippen LogP contribution in [-0.2, 0) is 16.1 Å². The van der Waals surface area contributed by atoms with E-state index >= 15 is 0 Å². The molecule has 21 heavy (non-hydrogen) atoms. The second kappa shape index (κ2) is 6.48. The van der Waals surface area contributed by atoms with Crippen LogP contribution in [0.1, 0.15) is 37.9 Å². The van der Waals surface area contributed by atoms with Gasteiger partial charge in [-0.05, 0) is 24.7 Å². The van der Waals surface area contributed by atoms with E-state index in [0.29, 0.717) is 30.9 Å². The Kier molecular flexibility index (Phi) is 4.45. The lowest BCUT2D eigenvalue weighted by molar-refractivity contribution is -0.142. The number of carboxylic acid groups (broad SMARTS) is 1. The second-order valence-corrected chi connectivity index (χ2v) is 5.95. The lowest BCUT2D eigenvalue weighted by atomic mass is 9.70. The average Bonchev–Trinajstić information content (AvgIpc) is 3.00. The van der Waals surface area contributed by atoms with E-state index in [1.165, 1.54) is 12.8 Å². The minimum Gasteiger partial charge on any atom is -0.480 e. The minimum atomic E-state index is -0.762. The highest BCUT2D eigenvalue weighted by atomic mass is 16.5. The first-order chi connectivity index (χ1) is 10.2. The molecule has 4 atom stereocenters. The molecule has 0 bridgehead atoms. The van der Waals surface area contributed by atoms with Crippen LogP contribution in [-0.4, -0.2) is 50.4 Å². The normalized spacial score (nSPS) is 32.6. The van der Waals surface area contributed by atoms with Crippen molar-refractivity contribution in [2.45, 2.75) is 50.8 Å². The third-order valence-corrected chi connectivity index (χ3v) is 4.65. The molecule has 3 rings (SSSR count). The molecule has 1 aliphatic heterocycles. The zero-order valence-corrected chi connectivity index (χ0v) is 11.9. The summed E-state index contributed by atoms with van der Waals surface area (Å²) in [5.41, 5.74) is 0. The number of carboxylic acids is 1. The molecular formula is C13H21N5O3. The van der Waals surface area contributed by atoms with Gasteiger partial charge < -0.3 is 9.84 Å². The maximum Gasteiger partial charge on any atom is 0.320 e. The van der Waals surface area contributed by atoms with Crippen molar-refractivity contribution in [3.05, 3.63) is 5.82 Å². The van der Waals surface area contributed by atoms with Crippen LogP contribution in [0.4, 0.5) is 0 Å². The second-order valence-electron chi connectivity index (χ2n) is 5.95. The number of H-pyrrole nitrogens is 1. The molecule has 116 valence electrons. The van der Waals surface area contributed by atoms with Crippen LogP contribution in [0.15, 0.2) is 0 Å². The van der Waals surface area contributed by atoms with Gasteiger partial charge in [-0.15, -0.1) is 10.2 Å². The molecule has 1 aliphatic carbocycles. The molecule has 0 radical (unpaired) electrons. The molecule has 1 aromatic rings. The van der Waals surface area contributed by atoms with Crippen LogP contribution in [0.2, 0.25) is 0 Å². The van der Waals surface area contributed by atoms with Gasteiger partial charge in [0.2, 0.25) is 0 Å². The average molecular weight is 295 g/mol. The van der Waals surface area contributed by atoms with Gasteiger partial charge in [-0.2, -0.15) is 5.21 Å². The smallest absolute Gasteiger partial charge is 0.320 e. The maximum absolute atomic E-state index is 11.3. The Bertz CT molecular complexity index is 466. The molecular weight excluding hydrogens is 274 g/mol. The summed E-state index contributed by atoms with van der Waals surface area (Å²) in [4.78, 5) is 11.3. The first kappa shape index (κ1) is 14.4. The fourth-order valence-corrected chi connectivity index (χ4v) is 3.68. The van der Waals surface area contributed by atoms with E-state index in [9.17, 15) is 9.90 Å². The number of hydrogen-bond acceptors (Lipinski definition) is 6. The summed E-state index contributed by atoms with van der Waals surface area (Å²) in [6.07, 6.45) is 5.46. The summed E-state index contributed by atoms with van der Waals surface area (Å²) in [6.45, 7) is 0.781. The topological polar surface area (TPSA) is 113 Å². The molecule has 0 amide bonds. The fraction of sp³-hybridized carbons (Fsp3) is 0.846. The van der Waals surface area contributed by atoms with E-state index in [1.54, 1.807) is 0 Å². The zero-order chi connectivity index (χ0) is 14.7. The van der Waals surface area contributed by atoms with Crippen LogP contribution in [0, 0.1) is 11.8 Å². The van der Waals surface area contributed by atoms with Crippen molar-refractivity contribution in [2.24, 2.45) is 11.8 Å². The van der Waals surface area contributed by atoms with Crippen molar-refractivity contribution in [3.63, 3.8) is 0 Å². The molecule has 8 heteroatoms. The van der Waals surface area contributed by atoms with Gasteiger partial charge in [-0.25, -0.2) is 0 Å². The van der Waals surface area contributed by atoms with Gasteiger partial charge in [0.05, 0.1) is 6.61 Å². The maximum atomic E-state index is 11.3. The van der Waals surface area contributed by atoms with Gasteiger partial charge in [0, 0.05) is 6.04 Å². The van der Waals surface area contributed by atoms with E-state index in [4.69, 9.17) is 4.74 Å². The summed E-state index contributed by atoms with van der Waals surface area (Å²) in [6, 6.07) is -0.361. The van der Waals surface area contributed by atoms with Crippen molar-refractivity contribution < 1.29 is 14.6 Å². The predicted molar refractivity (Wildman–Crippen MR) is 72.2 cm³/mol. The monoisotopic (exact) mass is 295 g/mol. The van der Waals surface area contributed by atoms with Crippen molar-refractivity contribution >= 4 is 5.97 Å². The van der Waals surface area contributed by atoms with E-state index < -0.39 is 12.0 Å². The van der Waals surface area contributed by atoms with E-state index in [-0.39, 0.29) is 6.04 Å². The number of carbonyl (C=O) groups is 1. The van der Waals surface area contributed by atoms with Gasteiger partial charge in [0.15, 0.2) is 5.82 Å². The van der Waals surface area contributed by atoms with Gasteiger partial charge >= 0.3 is 5.97 Å². The highest BCUT2D eigenvalue weighted by molar-refractivity contribution is 5.73. The van der Waals surface area contributed by atoms with Gasteiger partial charge in [-0.1, -0.05) is 24.5 Å². The zero-order valence-electron chi connectivity index (χ0n) is 11.9. The molecule has 2 aliphatic rings. The summed E-state index contributed by atoms with van der Waals surface area (Å²) < 4.78 is 5.65. The molecule has 3 N–H and O–H groups in total. The Morgan fingerprint density at radius 2 is 2.24 bits per heavy atom. The van der Waals surface area contributed by atoms with Gasteiger partial charge in [0.25, 0.3) is 0 Å². The molecule has 2 heterocycles. The van der Waals surface area contributed by atoms with E-state index in [2.05, 4.69) is 25.9 Å². The van der Waals surface area contributed by atoms with Gasteiger partial charge in [-0.3, -0.25) is 10.1 Å². The Balaban J connectivity index is 1.58. The summed E-state index contributed by atoms with van der Waals surface area (Å²) >= 11 is 0. The highest BCUT2D eigenvalue weighted by Crippen LogP contribution is 2.38. The number of aromatic nitrogens is 4.